The van der Waals surface area contributed by atoms with Gasteiger partial charge in [0, 0.05) is 46.0 Å². The zero-order chi connectivity index (χ0) is 41.5. The Kier molecular flexibility index (Phi) is 15.9. The average molecular weight is 799 g/mol. The summed E-state index contributed by atoms with van der Waals surface area (Å²) >= 11 is 0. The van der Waals surface area contributed by atoms with Gasteiger partial charge in [0.1, 0.15) is 17.7 Å². The van der Waals surface area contributed by atoms with Crippen molar-refractivity contribution in [3.05, 3.63) is 113 Å². The summed E-state index contributed by atoms with van der Waals surface area (Å²) in [5.41, 5.74) is 8.58. The Morgan fingerprint density at radius 1 is 0.661 bits per heavy atom. The summed E-state index contributed by atoms with van der Waals surface area (Å²) in [6, 6.07) is 12.5. The van der Waals surface area contributed by atoms with E-state index in [1.165, 1.54) is 37.4 Å². The summed E-state index contributed by atoms with van der Waals surface area (Å²) in [6.07, 6.45) is -0.197. The standard InChI is InChI=1S/C22H29N3O6.C17H21N3O4.ClH/c1-13-17(18(26)25(6)21(29)24(13)5)15-10-8-14(9-11-15)12-16(19(27)30-7)23-20(28)31-22(2,3)4;1-10-14(15(21)20(3)17(23)19(10)2)12-7-5-11(6-8-12)9-13(18)16(22)24-4;/h8-11,16H,12H2,1-7H3,(H,23,28);5-8,13H,9,18H2,1-4H3;1H. The number of esters is 2. The van der Waals surface area contributed by atoms with E-state index in [0.29, 0.717) is 40.1 Å². The zero-order valence-corrected chi connectivity index (χ0v) is 34.4. The van der Waals surface area contributed by atoms with Gasteiger partial charge in [-0.15, -0.1) is 12.4 Å². The molecule has 2 aromatic carbocycles. The fourth-order valence-electron chi connectivity index (χ4n) is 5.68. The highest BCUT2D eigenvalue weighted by molar-refractivity contribution is 5.85. The van der Waals surface area contributed by atoms with Crippen LogP contribution in [0.2, 0.25) is 0 Å². The number of amides is 1. The largest absolute Gasteiger partial charge is 0.468 e. The molecule has 2 atom stereocenters. The molecule has 0 fully saturated rings. The smallest absolute Gasteiger partial charge is 0.408 e. The molecular weight excluding hydrogens is 748 g/mol. The third kappa shape index (κ3) is 10.9. The maximum atomic E-state index is 12.6. The van der Waals surface area contributed by atoms with Crippen LogP contribution in [-0.4, -0.2) is 68.2 Å². The molecule has 0 saturated heterocycles. The van der Waals surface area contributed by atoms with E-state index in [1.54, 1.807) is 85.1 Å². The van der Waals surface area contributed by atoms with E-state index in [1.807, 2.05) is 12.1 Å². The first-order valence-corrected chi connectivity index (χ1v) is 17.3. The molecular formula is C39H51ClN6O10. The van der Waals surface area contributed by atoms with Gasteiger partial charge in [-0.1, -0.05) is 48.5 Å². The number of nitrogens with two attached hydrogens (primary N) is 1. The van der Waals surface area contributed by atoms with Crippen LogP contribution in [0.15, 0.2) is 67.7 Å². The number of rotatable bonds is 9. The van der Waals surface area contributed by atoms with Crippen LogP contribution in [0.3, 0.4) is 0 Å². The molecule has 17 heteroatoms. The molecule has 0 spiro atoms. The number of nitrogens with one attached hydrogen (secondary N) is 1. The molecule has 2 aromatic heterocycles. The second-order valence-electron chi connectivity index (χ2n) is 14.0. The first-order chi connectivity index (χ1) is 25.6. The predicted molar refractivity (Wildman–Crippen MR) is 214 cm³/mol. The van der Waals surface area contributed by atoms with E-state index >= 15 is 0 Å². The lowest BCUT2D eigenvalue weighted by Crippen LogP contribution is -2.45. The highest BCUT2D eigenvalue weighted by atomic mass is 35.5. The summed E-state index contributed by atoms with van der Waals surface area (Å²) in [5, 5.41) is 2.53. The van der Waals surface area contributed by atoms with Crippen molar-refractivity contribution in [1.82, 2.24) is 23.6 Å². The monoisotopic (exact) mass is 798 g/mol. The summed E-state index contributed by atoms with van der Waals surface area (Å²) in [6.45, 7) is 8.63. The molecule has 2 heterocycles. The minimum Gasteiger partial charge on any atom is -0.468 e. The topological polar surface area (TPSA) is 205 Å². The highest BCUT2D eigenvalue weighted by Gasteiger charge is 2.26. The molecule has 4 aromatic rings. The van der Waals surface area contributed by atoms with Crippen molar-refractivity contribution in [3.63, 3.8) is 0 Å². The lowest BCUT2D eigenvalue weighted by Gasteiger charge is -2.22. The molecule has 0 bridgehead atoms. The number of hydrogen-bond donors (Lipinski definition) is 2. The first kappa shape index (κ1) is 46.4. The van der Waals surface area contributed by atoms with E-state index in [0.717, 1.165) is 20.3 Å². The van der Waals surface area contributed by atoms with Crippen molar-refractivity contribution >= 4 is 30.4 Å². The quantitative estimate of drug-likeness (QED) is 0.186. The number of ether oxygens (including phenoxy) is 3. The molecule has 0 saturated carbocycles. The van der Waals surface area contributed by atoms with Gasteiger partial charge in [-0.3, -0.25) is 23.5 Å². The van der Waals surface area contributed by atoms with Gasteiger partial charge in [-0.2, -0.15) is 0 Å². The molecule has 4 rings (SSSR count). The Morgan fingerprint density at radius 3 is 1.39 bits per heavy atom. The van der Waals surface area contributed by atoms with Crippen molar-refractivity contribution in [2.75, 3.05) is 14.2 Å². The normalized spacial score (nSPS) is 11.9. The third-order valence-corrected chi connectivity index (χ3v) is 8.98. The lowest BCUT2D eigenvalue weighted by molar-refractivity contribution is -0.143. The Balaban J connectivity index is 0.000000392. The van der Waals surface area contributed by atoms with Crippen LogP contribution in [0.1, 0.15) is 43.3 Å². The van der Waals surface area contributed by atoms with Gasteiger partial charge in [0.2, 0.25) is 0 Å². The van der Waals surface area contributed by atoms with Crippen molar-refractivity contribution < 1.29 is 28.6 Å². The van der Waals surface area contributed by atoms with E-state index in [4.69, 9.17) is 15.2 Å². The van der Waals surface area contributed by atoms with Crippen LogP contribution in [0.25, 0.3) is 22.3 Å². The molecule has 56 heavy (non-hydrogen) atoms. The van der Waals surface area contributed by atoms with Gasteiger partial charge in [0.15, 0.2) is 0 Å². The van der Waals surface area contributed by atoms with Gasteiger partial charge in [-0.25, -0.2) is 19.2 Å². The van der Waals surface area contributed by atoms with E-state index in [-0.39, 0.29) is 35.6 Å². The van der Waals surface area contributed by atoms with Gasteiger partial charge >= 0.3 is 29.4 Å². The average Bonchev–Trinajstić information content (AvgIpc) is 3.14. The number of hydrogen-bond acceptors (Lipinski definition) is 11. The molecule has 0 aliphatic carbocycles. The maximum absolute atomic E-state index is 12.6. The molecule has 0 aliphatic rings. The van der Waals surface area contributed by atoms with Gasteiger partial charge in [0.05, 0.1) is 25.3 Å². The lowest BCUT2D eigenvalue weighted by atomic mass is 10.0. The maximum Gasteiger partial charge on any atom is 0.408 e. The Bertz CT molecular complexity index is 2300. The molecule has 0 aliphatic heterocycles. The number of benzene rings is 2. The Labute approximate surface area is 330 Å². The van der Waals surface area contributed by atoms with Crippen LogP contribution in [0.4, 0.5) is 4.79 Å². The van der Waals surface area contributed by atoms with Crippen molar-refractivity contribution in [1.29, 1.82) is 0 Å². The van der Waals surface area contributed by atoms with Gasteiger partial charge in [0.25, 0.3) is 11.1 Å². The minimum absolute atomic E-state index is 0. The van der Waals surface area contributed by atoms with E-state index in [2.05, 4.69) is 10.1 Å². The number of nitrogens with zero attached hydrogens (tertiary/aromatic N) is 4. The second-order valence-corrected chi connectivity index (χ2v) is 14.0. The third-order valence-electron chi connectivity index (χ3n) is 8.98. The minimum atomic E-state index is -0.933. The van der Waals surface area contributed by atoms with Crippen LogP contribution in [-0.2, 0) is 64.8 Å². The van der Waals surface area contributed by atoms with Crippen LogP contribution in [0, 0.1) is 13.8 Å². The Hall–Kier alpha value is -5.74. The van der Waals surface area contributed by atoms with Crippen molar-refractivity contribution in [3.8, 4) is 22.3 Å². The second kappa shape index (κ2) is 19.2. The molecule has 3 N–H and O–H groups in total. The fraction of sp³-hybridized carbons (Fsp3) is 0.410. The summed E-state index contributed by atoms with van der Waals surface area (Å²) in [7, 11) is 8.67. The number of aromatic nitrogens is 4. The number of carbonyl (C=O) groups is 3. The molecule has 1 amide bonds. The van der Waals surface area contributed by atoms with Gasteiger partial charge < -0.3 is 34.4 Å². The summed E-state index contributed by atoms with van der Waals surface area (Å²) < 4.78 is 19.6. The zero-order valence-electron chi connectivity index (χ0n) is 33.5. The van der Waals surface area contributed by atoms with E-state index < -0.39 is 41.4 Å². The number of methoxy groups -OCH3 is 2. The van der Waals surface area contributed by atoms with Crippen LogP contribution < -0.4 is 33.5 Å². The molecule has 2 unspecified atom stereocenters. The number of halogens is 1. The number of alkyl carbamates (subject to hydrolysis) is 1. The van der Waals surface area contributed by atoms with Crippen LogP contribution in [0.5, 0.6) is 0 Å². The van der Waals surface area contributed by atoms with Crippen molar-refractivity contribution in [2.45, 2.75) is 65.1 Å². The SMILES string of the molecule is COC(=O)C(Cc1ccc(-c2c(C)n(C)c(=O)n(C)c2=O)cc1)NC(=O)OC(C)(C)C.COC(=O)C(N)Cc1ccc(-c2c(C)n(C)c(=O)n(C)c2=O)cc1.Cl. The fourth-order valence-corrected chi connectivity index (χ4v) is 5.68. The highest BCUT2D eigenvalue weighted by Crippen LogP contribution is 2.21. The Morgan fingerprint density at radius 2 is 1.04 bits per heavy atom. The van der Waals surface area contributed by atoms with Crippen LogP contribution >= 0.6 is 12.4 Å². The molecule has 0 radical (unpaired) electrons. The number of carbonyl (C=O) groups excluding carboxylic acids is 3. The summed E-state index contributed by atoms with van der Waals surface area (Å²) in [4.78, 5) is 84.6. The summed E-state index contributed by atoms with van der Waals surface area (Å²) in [5.74, 6) is -1.07. The van der Waals surface area contributed by atoms with Crippen molar-refractivity contribution in [2.24, 2.45) is 33.9 Å². The van der Waals surface area contributed by atoms with E-state index in [9.17, 15) is 33.6 Å². The molecule has 16 nitrogen and oxygen atoms in total. The predicted octanol–water partition coefficient (Wildman–Crippen LogP) is 2.19. The first-order valence-electron chi connectivity index (χ1n) is 17.3. The molecule has 304 valence electrons. The van der Waals surface area contributed by atoms with Gasteiger partial charge in [-0.05, 0) is 63.3 Å².